The number of carbonyl (C=O) groups excluding carboxylic acids is 1. The second kappa shape index (κ2) is 7.07. The van der Waals surface area contributed by atoms with Gasteiger partial charge in [-0.05, 0) is 30.5 Å². The van der Waals surface area contributed by atoms with Crippen LogP contribution in [0.4, 0.5) is 0 Å². The predicted molar refractivity (Wildman–Crippen MR) is 88.3 cm³/mol. The summed E-state index contributed by atoms with van der Waals surface area (Å²) >= 11 is 3.39. The molecule has 0 saturated heterocycles. The molecule has 1 aromatic heterocycles. The minimum atomic E-state index is -0.314. The maximum absolute atomic E-state index is 12.2. The molecule has 22 heavy (non-hydrogen) atoms. The van der Waals surface area contributed by atoms with Gasteiger partial charge in [0.15, 0.2) is 5.69 Å². The summed E-state index contributed by atoms with van der Waals surface area (Å²) < 4.78 is 6.31. The molecule has 0 aliphatic rings. The van der Waals surface area contributed by atoms with Crippen LogP contribution in [0.1, 0.15) is 54.8 Å². The Labute approximate surface area is 138 Å². The number of aromatic nitrogens is 1. The number of oxazole rings is 1. The highest BCUT2D eigenvalue weighted by Crippen LogP contribution is 2.19. The number of halogens is 1. The molecule has 2 atom stereocenters. The molecule has 0 aliphatic carbocycles. The van der Waals surface area contributed by atoms with Gasteiger partial charge in [0.25, 0.3) is 5.91 Å². The first-order chi connectivity index (χ1) is 10.4. The standard InChI is InChI=1S/C16H20BrN3O2/c1-9(2)14(18)16-20-13(8-22-16)15(21)19-10(3)11-4-6-12(17)7-5-11/h4-10,14H,18H2,1-3H3,(H,19,21). The van der Waals surface area contributed by atoms with E-state index in [0.29, 0.717) is 5.89 Å². The van der Waals surface area contributed by atoms with Gasteiger partial charge in [-0.1, -0.05) is 41.9 Å². The van der Waals surface area contributed by atoms with Crippen LogP contribution in [0.3, 0.4) is 0 Å². The van der Waals surface area contributed by atoms with Crippen LogP contribution in [0.5, 0.6) is 0 Å². The van der Waals surface area contributed by atoms with Crippen LogP contribution in [0.25, 0.3) is 0 Å². The smallest absolute Gasteiger partial charge is 0.273 e. The number of rotatable bonds is 5. The van der Waals surface area contributed by atoms with Crippen molar-refractivity contribution in [1.29, 1.82) is 0 Å². The second-order valence-corrected chi connectivity index (χ2v) is 6.50. The second-order valence-electron chi connectivity index (χ2n) is 5.59. The molecule has 1 amide bonds. The molecule has 0 saturated carbocycles. The third-order valence-electron chi connectivity index (χ3n) is 3.48. The number of nitrogens with one attached hydrogen (secondary N) is 1. The lowest BCUT2D eigenvalue weighted by Gasteiger charge is -2.13. The predicted octanol–water partition coefficient (Wildman–Crippen LogP) is 3.58. The molecular weight excluding hydrogens is 346 g/mol. The van der Waals surface area contributed by atoms with E-state index < -0.39 is 0 Å². The summed E-state index contributed by atoms with van der Waals surface area (Å²) in [5.41, 5.74) is 7.22. The van der Waals surface area contributed by atoms with Gasteiger partial charge in [0.1, 0.15) is 6.26 Å². The minimum Gasteiger partial charge on any atom is -0.446 e. The minimum absolute atomic E-state index is 0.125. The van der Waals surface area contributed by atoms with E-state index in [-0.39, 0.29) is 29.6 Å². The molecule has 2 unspecified atom stereocenters. The molecule has 1 heterocycles. The highest BCUT2D eigenvalue weighted by Gasteiger charge is 2.20. The first-order valence-corrected chi connectivity index (χ1v) is 7.95. The molecule has 1 aromatic carbocycles. The Kier molecular flexibility index (Phi) is 5.37. The fourth-order valence-corrected chi connectivity index (χ4v) is 2.20. The zero-order valence-electron chi connectivity index (χ0n) is 12.8. The Morgan fingerprint density at radius 2 is 1.91 bits per heavy atom. The number of carbonyl (C=O) groups is 1. The fourth-order valence-electron chi connectivity index (χ4n) is 1.94. The number of hydrogen-bond acceptors (Lipinski definition) is 4. The molecule has 0 radical (unpaired) electrons. The van der Waals surface area contributed by atoms with E-state index in [2.05, 4.69) is 26.2 Å². The van der Waals surface area contributed by atoms with Crippen molar-refractivity contribution >= 4 is 21.8 Å². The van der Waals surface area contributed by atoms with Crippen LogP contribution in [0, 0.1) is 5.92 Å². The van der Waals surface area contributed by atoms with E-state index in [1.54, 1.807) is 0 Å². The van der Waals surface area contributed by atoms with Crippen LogP contribution < -0.4 is 11.1 Å². The highest BCUT2D eigenvalue weighted by molar-refractivity contribution is 9.10. The Morgan fingerprint density at radius 3 is 2.50 bits per heavy atom. The quantitative estimate of drug-likeness (QED) is 0.848. The van der Waals surface area contributed by atoms with Gasteiger partial charge in [-0.25, -0.2) is 4.98 Å². The first kappa shape index (κ1) is 16.7. The van der Waals surface area contributed by atoms with Crippen LogP contribution in [0.2, 0.25) is 0 Å². The van der Waals surface area contributed by atoms with Crippen LogP contribution in [-0.4, -0.2) is 10.9 Å². The topological polar surface area (TPSA) is 81.2 Å². The van der Waals surface area contributed by atoms with Gasteiger partial charge in [-0.3, -0.25) is 4.79 Å². The van der Waals surface area contributed by atoms with E-state index in [4.69, 9.17) is 10.2 Å². The van der Waals surface area contributed by atoms with Crippen LogP contribution >= 0.6 is 15.9 Å². The molecule has 0 spiro atoms. The monoisotopic (exact) mass is 365 g/mol. The number of amides is 1. The zero-order valence-corrected chi connectivity index (χ0v) is 14.4. The highest BCUT2D eigenvalue weighted by atomic mass is 79.9. The van der Waals surface area contributed by atoms with E-state index in [0.717, 1.165) is 10.0 Å². The number of nitrogens with two attached hydrogens (primary N) is 1. The van der Waals surface area contributed by atoms with Crippen LogP contribution in [0.15, 0.2) is 39.4 Å². The lowest BCUT2D eigenvalue weighted by atomic mass is 10.1. The zero-order chi connectivity index (χ0) is 16.3. The molecule has 0 aliphatic heterocycles. The van der Waals surface area contributed by atoms with Gasteiger partial charge < -0.3 is 15.5 Å². The summed E-state index contributed by atoms with van der Waals surface area (Å²) in [5, 5.41) is 2.90. The van der Waals surface area contributed by atoms with E-state index in [9.17, 15) is 4.79 Å². The molecule has 6 heteroatoms. The van der Waals surface area contributed by atoms with Gasteiger partial charge in [0.2, 0.25) is 5.89 Å². The molecular formula is C16H20BrN3O2. The molecule has 0 bridgehead atoms. The Bertz CT molecular complexity index is 637. The Balaban J connectivity index is 2.04. The summed E-state index contributed by atoms with van der Waals surface area (Å²) in [6.45, 7) is 5.87. The van der Waals surface area contributed by atoms with Gasteiger partial charge in [-0.2, -0.15) is 0 Å². The first-order valence-electron chi connectivity index (χ1n) is 7.15. The maximum atomic E-state index is 12.2. The third-order valence-corrected chi connectivity index (χ3v) is 4.00. The van der Waals surface area contributed by atoms with Crippen molar-refractivity contribution in [1.82, 2.24) is 10.3 Å². The number of nitrogens with zero attached hydrogens (tertiary/aromatic N) is 1. The summed E-state index contributed by atoms with van der Waals surface area (Å²) in [4.78, 5) is 16.4. The SMILES string of the molecule is CC(NC(=O)c1coc(C(N)C(C)C)n1)c1ccc(Br)cc1. The maximum Gasteiger partial charge on any atom is 0.273 e. The van der Waals surface area contributed by atoms with Gasteiger partial charge in [0, 0.05) is 4.47 Å². The van der Waals surface area contributed by atoms with E-state index >= 15 is 0 Å². The molecule has 3 N–H and O–H groups in total. The Morgan fingerprint density at radius 1 is 1.27 bits per heavy atom. The van der Waals surface area contributed by atoms with E-state index in [1.807, 2.05) is 45.0 Å². The van der Waals surface area contributed by atoms with Gasteiger partial charge in [-0.15, -0.1) is 0 Å². The summed E-state index contributed by atoms with van der Waals surface area (Å²) in [5.74, 6) is 0.300. The van der Waals surface area contributed by atoms with E-state index in [1.165, 1.54) is 6.26 Å². The van der Waals surface area contributed by atoms with Crippen molar-refractivity contribution in [3.05, 3.63) is 52.1 Å². The average molecular weight is 366 g/mol. The van der Waals surface area contributed by atoms with Gasteiger partial charge >= 0.3 is 0 Å². The Hall–Kier alpha value is -1.66. The number of benzene rings is 1. The average Bonchev–Trinajstić information content (AvgIpc) is 2.96. The molecule has 2 rings (SSSR count). The lowest BCUT2D eigenvalue weighted by Crippen LogP contribution is -2.27. The largest absolute Gasteiger partial charge is 0.446 e. The molecule has 2 aromatic rings. The summed E-state index contributed by atoms with van der Waals surface area (Å²) in [7, 11) is 0. The van der Waals surface area contributed by atoms with Crippen molar-refractivity contribution in [3.8, 4) is 0 Å². The fraction of sp³-hybridized carbons (Fsp3) is 0.375. The van der Waals surface area contributed by atoms with Crippen molar-refractivity contribution < 1.29 is 9.21 Å². The number of hydrogen-bond donors (Lipinski definition) is 2. The molecule has 0 fully saturated rings. The summed E-state index contributed by atoms with van der Waals surface area (Å²) in [6, 6.07) is 7.35. The lowest BCUT2D eigenvalue weighted by molar-refractivity contribution is 0.0934. The molecule has 5 nitrogen and oxygen atoms in total. The molecule has 118 valence electrons. The van der Waals surface area contributed by atoms with Crippen LogP contribution in [-0.2, 0) is 0 Å². The summed E-state index contributed by atoms with van der Waals surface area (Å²) in [6.07, 6.45) is 1.35. The van der Waals surface area contributed by atoms with Crippen molar-refractivity contribution in [2.24, 2.45) is 11.7 Å². The van der Waals surface area contributed by atoms with Crippen molar-refractivity contribution in [2.75, 3.05) is 0 Å². The third kappa shape index (κ3) is 3.96. The normalized spacial score (nSPS) is 13.9. The van der Waals surface area contributed by atoms with Crippen molar-refractivity contribution in [2.45, 2.75) is 32.9 Å². The van der Waals surface area contributed by atoms with Crippen molar-refractivity contribution in [3.63, 3.8) is 0 Å². The van der Waals surface area contributed by atoms with Gasteiger partial charge in [0.05, 0.1) is 12.1 Å².